The first-order valence-corrected chi connectivity index (χ1v) is 6.58. The molecule has 0 spiro atoms. The van der Waals surface area contributed by atoms with E-state index in [-0.39, 0.29) is 43.7 Å². The van der Waals surface area contributed by atoms with Crippen LogP contribution in [0.25, 0.3) is 0 Å². The average molecular weight is 287 g/mol. The molecule has 2 heterocycles. The highest BCUT2D eigenvalue weighted by molar-refractivity contribution is 6.12. The number of rotatable bonds is 2. The van der Waals surface area contributed by atoms with Crippen LogP contribution in [0.15, 0.2) is 24.3 Å². The van der Waals surface area contributed by atoms with Crippen molar-refractivity contribution in [3.63, 3.8) is 0 Å². The molecule has 0 radical (unpaired) electrons. The summed E-state index contributed by atoms with van der Waals surface area (Å²) in [5.74, 6) is -1.44. The second kappa shape index (κ2) is 5.01. The van der Waals surface area contributed by atoms with Gasteiger partial charge < -0.3 is 5.32 Å². The molecule has 0 bridgehead atoms. The van der Waals surface area contributed by atoms with Gasteiger partial charge in [0.2, 0.25) is 23.6 Å². The Labute approximate surface area is 120 Å². The Morgan fingerprint density at radius 1 is 1.10 bits per heavy atom. The fourth-order valence-corrected chi connectivity index (χ4v) is 2.48. The van der Waals surface area contributed by atoms with Crippen LogP contribution in [0.5, 0.6) is 0 Å². The van der Waals surface area contributed by atoms with Crippen LogP contribution in [0, 0.1) is 0 Å². The highest BCUT2D eigenvalue weighted by Crippen LogP contribution is 2.29. The SMILES string of the molecule is O=C1CN(C(=O)CN2C(=O)CCC2=O)c2ccccc2N1. The van der Waals surface area contributed by atoms with Gasteiger partial charge in [-0.2, -0.15) is 0 Å². The molecule has 0 saturated carbocycles. The predicted molar refractivity (Wildman–Crippen MR) is 73.4 cm³/mol. The number of carbonyl (C=O) groups excluding carboxylic acids is 4. The molecule has 108 valence electrons. The molecule has 0 aromatic heterocycles. The Kier molecular flexibility index (Phi) is 3.17. The number of imide groups is 1. The van der Waals surface area contributed by atoms with E-state index in [0.29, 0.717) is 11.4 Å². The third-order valence-electron chi connectivity index (χ3n) is 3.52. The van der Waals surface area contributed by atoms with Gasteiger partial charge in [0.25, 0.3) is 0 Å². The van der Waals surface area contributed by atoms with E-state index in [4.69, 9.17) is 0 Å². The van der Waals surface area contributed by atoms with Crippen LogP contribution < -0.4 is 10.2 Å². The lowest BCUT2D eigenvalue weighted by Crippen LogP contribution is -2.47. The van der Waals surface area contributed by atoms with Crippen molar-refractivity contribution in [2.75, 3.05) is 23.3 Å². The molecule has 1 N–H and O–H groups in total. The van der Waals surface area contributed by atoms with E-state index in [1.807, 2.05) is 0 Å². The first-order valence-electron chi connectivity index (χ1n) is 6.58. The minimum absolute atomic E-state index is 0.119. The van der Waals surface area contributed by atoms with Crippen LogP contribution in [0.2, 0.25) is 0 Å². The molecule has 0 atom stereocenters. The number of anilines is 2. The van der Waals surface area contributed by atoms with Crippen molar-refractivity contribution in [3.05, 3.63) is 24.3 Å². The third kappa shape index (κ3) is 2.37. The minimum atomic E-state index is -0.444. The standard InChI is InChI=1S/C14H13N3O4/c18-11-7-16(10-4-2-1-3-9(10)15-11)14(21)8-17-12(19)5-6-13(17)20/h1-4H,5-8H2,(H,15,18). The predicted octanol–water partition coefficient (Wildman–Crippen LogP) is 0.121. The largest absolute Gasteiger partial charge is 0.323 e. The topological polar surface area (TPSA) is 86.8 Å². The minimum Gasteiger partial charge on any atom is -0.323 e. The maximum absolute atomic E-state index is 12.4. The van der Waals surface area contributed by atoms with Crippen molar-refractivity contribution in [2.45, 2.75) is 12.8 Å². The molecule has 0 unspecified atom stereocenters. The Hall–Kier alpha value is -2.70. The zero-order valence-corrected chi connectivity index (χ0v) is 11.2. The van der Waals surface area contributed by atoms with Crippen molar-refractivity contribution < 1.29 is 19.2 Å². The first-order chi connectivity index (χ1) is 10.1. The van der Waals surface area contributed by atoms with E-state index in [2.05, 4.69) is 5.32 Å². The van der Waals surface area contributed by atoms with Crippen molar-refractivity contribution in [1.29, 1.82) is 0 Å². The van der Waals surface area contributed by atoms with Crippen molar-refractivity contribution in [1.82, 2.24) is 4.90 Å². The summed E-state index contributed by atoms with van der Waals surface area (Å²) in [6.07, 6.45) is 0.284. The van der Waals surface area contributed by atoms with Crippen LogP contribution in [0.4, 0.5) is 11.4 Å². The highest BCUT2D eigenvalue weighted by Gasteiger charge is 2.34. The molecular weight excluding hydrogens is 274 g/mol. The zero-order valence-electron chi connectivity index (χ0n) is 11.2. The van der Waals surface area contributed by atoms with Crippen LogP contribution in [0.3, 0.4) is 0 Å². The van der Waals surface area contributed by atoms with E-state index < -0.39 is 5.91 Å². The Morgan fingerprint density at radius 3 is 2.48 bits per heavy atom. The normalized spacial score (nSPS) is 17.8. The fraction of sp³-hybridized carbons (Fsp3) is 0.286. The van der Waals surface area contributed by atoms with E-state index in [1.54, 1.807) is 24.3 Å². The van der Waals surface area contributed by atoms with Gasteiger partial charge in [-0.3, -0.25) is 29.0 Å². The zero-order chi connectivity index (χ0) is 15.0. The number of nitrogens with one attached hydrogen (secondary N) is 1. The van der Waals surface area contributed by atoms with Crippen LogP contribution in [-0.4, -0.2) is 41.6 Å². The lowest BCUT2D eigenvalue weighted by Gasteiger charge is -2.30. The van der Waals surface area contributed by atoms with Gasteiger partial charge in [-0.05, 0) is 12.1 Å². The quantitative estimate of drug-likeness (QED) is 0.783. The summed E-state index contributed by atoms with van der Waals surface area (Å²) in [4.78, 5) is 49.4. The maximum Gasteiger partial charge on any atom is 0.247 e. The highest BCUT2D eigenvalue weighted by atomic mass is 16.2. The van der Waals surface area contributed by atoms with Gasteiger partial charge in [-0.15, -0.1) is 0 Å². The molecule has 2 aliphatic heterocycles. The molecule has 7 nitrogen and oxygen atoms in total. The number of para-hydroxylation sites is 2. The van der Waals surface area contributed by atoms with Crippen LogP contribution in [-0.2, 0) is 19.2 Å². The van der Waals surface area contributed by atoms with E-state index in [9.17, 15) is 19.2 Å². The van der Waals surface area contributed by atoms with Crippen LogP contribution >= 0.6 is 0 Å². The Balaban J connectivity index is 1.83. The lowest BCUT2D eigenvalue weighted by atomic mass is 10.2. The summed E-state index contributed by atoms with van der Waals surface area (Å²) in [5.41, 5.74) is 1.11. The van der Waals surface area contributed by atoms with Gasteiger partial charge in [-0.25, -0.2) is 0 Å². The number of nitrogens with zero attached hydrogens (tertiary/aromatic N) is 2. The molecule has 7 heteroatoms. The maximum atomic E-state index is 12.4. The molecule has 1 fully saturated rings. The molecule has 1 saturated heterocycles. The number of hydrogen-bond donors (Lipinski definition) is 1. The third-order valence-corrected chi connectivity index (χ3v) is 3.52. The van der Waals surface area contributed by atoms with E-state index >= 15 is 0 Å². The lowest BCUT2D eigenvalue weighted by molar-refractivity contribution is -0.141. The molecule has 4 amide bonds. The van der Waals surface area contributed by atoms with Gasteiger partial charge in [0.1, 0.15) is 13.1 Å². The van der Waals surface area contributed by atoms with E-state index in [0.717, 1.165) is 4.90 Å². The van der Waals surface area contributed by atoms with Gasteiger partial charge in [0.05, 0.1) is 11.4 Å². The second-order valence-electron chi connectivity index (χ2n) is 4.92. The van der Waals surface area contributed by atoms with Crippen LogP contribution in [0.1, 0.15) is 12.8 Å². The van der Waals surface area contributed by atoms with Crippen molar-refractivity contribution in [2.24, 2.45) is 0 Å². The number of benzene rings is 1. The molecule has 2 aliphatic rings. The monoisotopic (exact) mass is 287 g/mol. The smallest absolute Gasteiger partial charge is 0.247 e. The summed E-state index contributed by atoms with van der Waals surface area (Å²) in [5, 5.41) is 2.68. The molecule has 1 aromatic rings. The van der Waals surface area contributed by atoms with Gasteiger partial charge in [0, 0.05) is 12.8 Å². The summed E-state index contributed by atoms with van der Waals surface area (Å²) in [6, 6.07) is 6.91. The number of likely N-dealkylation sites (tertiary alicyclic amines) is 1. The Morgan fingerprint density at radius 2 is 1.76 bits per heavy atom. The first kappa shape index (κ1) is 13.3. The molecule has 3 rings (SSSR count). The van der Waals surface area contributed by atoms with Crippen molar-refractivity contribution >= 4 is 35.0 Å². The van der Waals surface area contributed by atoms with Gasteiger partial charge >= 0.3 is 0 Å². The summed E-state index contributed by atoms with van der Waals surface area (Å²) in [6.45, 7) is -0.439. The van der Waals surface area contributed by atoms with Crippen molar-refractivity contribution in [3.8, 4) is 0 Å². The molecular formula is C14H13N3O4. The average Bonchev–Trinajstić information content (AvgIpc) is 2.78. The number of hydrogen-bond acceptors (Lipinski definition) is 4. The molecule has 1 aromatic carbocycles. The summed E-state index contributed by atoms with van der Waals surface area (Å²) >= 11 is 0. The molecule has 21 heavy (non-hydrogen) atoms. The number of carbonyl (C=O) groups is 4. The second-order valence-corrected chi connectivity index (χ2v) is 4.92. The Bertz CT molecular complexity index is 639. The fourth-order valence-electron chi connectivity index (χ4n) is 2.48. The van der Waals surface area contributed by atoms with E-state index in [1.165, 1.54) is 4.90 Å². The number of fused-ring (bicyclic) bond motifs is 1. The van der Waals surface area contributed by atoms with Gasteiger partial charge in [0.15, 0.2) is 0 Å². The molecule has 0 aliphatic carbocycles. The summed E-state index contributed by atoms with van der Waals surface area (Å²) in [7, 11) is 0. The number of amides is 4. The summed E-state index contributed by atoms with van der Waals surface area (Å²) < 4.78 is 0. The van der Waals surface area contributed by atoms with Gasteiger partial charge in [-0.1, -0.05) is 12.1 Å².